The summed E-state index contributed by atoms with van der Waals surface area (Å²) in [5.74, 6) is -0.270. The molecular weight excluding hydrogens is 320 g/mol. The van der Waals surface area contributed by atoms with Gasteiger partial charge in [0.05, 0.1) is 0 Å². The Morgan fingerprint density at radius 1 is 1.12 bits per heavy atom. The van der Waals surface area contributed by atoms with E-state index in [0.29, 0.717) is 11.3 Å². The number of imide groups is 1. The van der Waals surface area contributed by atoms with Crippen LogP contribution in [0.25, 0.3) is 0 Å². The second kappa shape index (κ2) is 6.15. The summed E-state index contributed by atoms with van der Waals surface area (Å²) in [5.41, 5.74) is 1.48. The molecule has 132 valence electrons. The normalized spacial score (nSPS) is 26.4. The van der Waals surface area contributed by atoms with Crippen molar-refractivity contribution in [1.29, 1.82) is 0 Å². The molecular formula is C18H22N4O3. The number of likely N-dealkylation sites (tertiary alicyclic amines) is 1. The number of nitrogens with zero attached hydrogens (tertiary/aromatic N) is 2. The standard InChI is InChI=1S/C18H22N4O3/c23-15-10-22(17(25)20-15)14-4-2-13(3-5-14)16(24)21-9-1-6-18(12-21)7-8-19-11-18/h2-5,19H,1,6-12H2,(H,20,23,25). The van der Waals surface area contributed by atoms with E-state index in [0.717, 1.165) is 39.0 Å². The molecule has 0 bridgehead atoms. The van der Waals surface area contributed by atoms with Crippen LogP contribution in [0, 0.1) is 5.41 Å². The van der Waals surface area contributed by atoms with Gasteiger partial charge in [-0.15, -0.1) is 0 Å². The maximum Gasteiger partial charge on any atom is 0.329 e. The first-order valence-electron chi connectivity index (χ1n) is 8.78. The molecule has 7 heteroatoms. The number of nitrogens with one attached hydrogen (secondary N) is 2. The second-order valence-electron chi connectivity index (χ2n) is 7.24. The van der Waals surface area contributed by atoms with E-state index in [2.05, 4.69) is 10.6 Å². The molecule has 3 aliphatic heterocycles. The van der Waals surface area contributed by atoms with Gasteiger partial charge < -0.3 is 10.2 Å². The van der Waals surface area contributed by atoms with E-state index >= 15 is 0 Å². The van der Waals surface area contributed by atoms with Crippen LogP contribution in [0.3, 0.4) is 0 Å². The zero-order chi connectivity index (χ0) is 17.4. The average Bonchev–Trinajstić information content (AvgIpc) is 3.20. The third-order valence-electron chi connectivity index (χ3n) is 5.50. The van der Waals surface area contributed by atoms with Crippen LogP contribution in [-0.4, -0.2) is 55.5 Å². The third kappa shape index (κ3) is 3.00. The highest BCUT2D eigenvalue weighted by atomic mass is 16.2. The molecule has 1 aromatic rings. The third-order valence-corrected chi connectivity index (χ3v) is 5.50. The molecule has 0 aromatic heterocycles. The molecule has 1 atom stereocenters. The highest BCUT2D eigenvalue weighted by molar-refractivity contribution is 6.12. The van der Waals surface area contributed by atoms with Gasteiger partial charge in [0.2, 0.25) is 5.91 Å². The van der Waals surface area contributed by atoms with Gasteiger partial charge in [0.1, 0.15) is 6.54 Å². The SMILES string of the molecule is O=C1CN(c2ccc(C(=O)N3CCCC4(CCNC4)C3)cc2)C(=O)N1. The maximum atomic E-state index is 12.8. The van der Waals surface area contributed by atoms with Crippen molar-refractivity contribution in [2.24, 2.45) is 5.41 Å². The van der Waals surface area contributed by atoms with Crippen molar-refractivity contribution in [3.63, 3.8) is 0 Å². The van der Waals surface area contributed by atoms with Gasteiger partial charge in [0.15, 0.2) is 0 Å². The fourth-order valence-corrected chi connectivity index (χ4v) is 4.14. The van der Waals surface area contributed by atoms with Crippen molar-refractivity contribution in [3.05, 3.63) is 29.8 Å². The van der Waals surface area contributed by atoms with E-state index in [1.165, 1.54) is 11.3 Å². The largest absolute Gasteiger partial charge is 0.338 e. The first-order chi connectivity index (χ1) is 12.1. The summed E-state index contributed by atoms with van der Waals surface area (Å²) in [5, 5.41) is 5.67. The smallest absolute Gasteiger partial charge is 0.329 e. The fourth-order valence-electron chi connectivity index (χ4n) is 4.14. The van der Waals surface area contributed by atoms with Gasteiger partial charge in [-0.1, -0.05) is 0 Å². The van der Waals surface area contributed by atoms with Crippen molar-refractivity contribution in [3.8, 4) is 0 Å². The Labute approximate surface area is 146 Å². The van der Waals surface area contributed by atoms with Crippen LogP contribution >= 0.6 is 0 Å². The van der Waals surface area contributed by atoms with Crippen LogP contribution in [0.1, 0.15) is 29.6 Å². The zero-order valence-electron chi connectivity index (χ0n) is 14.1. The van der Waals surface area contributed by atoms with E-state index in [1.54, 1.807) is 24.3 Å². The quantitative estimate of drug-likeness (QED) is 0.785. The molecule has 1 spiro atoms. The monoisotopic (exact) mass is 342 g/mol. The molecule has 1 aromatic carbocycles. The van der Waals surface area contributed by atoms with Crippen LogP contribution in [0.4, 0.5) is 10.5 Å². The van der Waals surface area contributed by atoms with Crippen molar-refractivity contribution in [2.75, 3.05) is 37.6 Å². The fraction of sp³-hybridized carbons (Fsp3) is 0.500. The summed E-state index contributed by atoms with van der Waals surface area (Å²) in [6.07, 6.45) is 3.36. The lowest BCUT2D eigenvalue weighted by atomic mass is 9.79. The zero-order valence-corrected chi connectivity index (χ0v) is 14.1. The molecule has 0 aliphatic carbocycles. The van der Waals surface area contributed by atoms with E-state index in [-0.39, 0.29) is 23.8 Å². The van der Waals surface area contributed by atoms with E-state index < -0.39 is 6.03 Å². The molecule has 4 rings (SSSR count). The number of hydrogen-bond acceptors (Lipinski definition) is 4. The minimum atomic E-state index is -0.421. The molecule has 1 unspecified atom stereocenters. The van der Waals surface area contributed by atoms with Gasteiger partial charge in [-0.25, -0.2) is 4.79 Å². The Morgan fingerprint density at radius 3 is 2.56 bits per heavy atom. The minimum Gasteiger partial charge on any atom is -0.338 e. The van der Waals surface area contributed by atoms with E-state index in [9.17, 15) is 14.4 Å². The van der Waals surface area contributed by atoms with Crippen LogP contribution in [-0.2, 0) is 4.79 Å². The number of urea groups is 1. The van der Waals surface area contributed by atoms with Crippen molar-refractivity contribution in [2.45, 2.75) is 19.3 Å². The first-order valence-corrected chi connectivity index (χ1v) is 8.78. The summed E-state index contributed by atoms with van der Waals surface area (Å²) in [6, 6.07) is 6.50. The number of piperidine rings is 1. The Balaban J connectivity index is 1.47. The highest BCUT2D eigenvalue weighted by Crippen LogP contribution is 2.36. The van der Waals surface area contributed by atoms with Crippen LogP contribution in [0.2, 0.25) is 0 Å². The van der Waals surface area contributed by atoms with Crippen LogP contribution < -0.4 is 15.5 Å². The molecule has 3 aliphatic rings. The number of benzene rings is 1. The van der Waals surface area contributed by atoms with Gasteiger partial charge in [0.25, 0.3) is 5.91 Å². The predicted octanol–water partition coefficient (Wildman–Crippen LogP) is 0.958. The van der Waals surface area contributed by atoms with Crippen molar-refractivity contribution in [1.82, 2.24) is 15.5 Å². The second-order valence-corrected chi connectivity index (χ2v) is 7.24. The molecule has 0 saturated carbocycles. The lowest BCUT2D eigenvalue weighted by molar-refractivity contribution is -0.117. The number of anilines is 1. The maximum absolute atomic E-state index is 12.8. The molecule has 7 nitrogen and oxygen atoms in total. The predicted molar refractivity (Wildman–Crippen MR) is 92.4 cm³/mol. The molecule has 3 saturated heterocycles. The number of rotatable bonds is 2. The van der Waals surface area contributed by atoms with Gasteiger partial charge >= 0.3 is 6.03 Å². The van der Waals surface area contributed by atoms with Crippen LogP contribution in [0.5, 0.6) is 0 Å². The summed E-state index contributed by atoms with van der Waals surface area (Å²) < 4.78 is 0. The van der Waals surface area contributed by atoms with E-state index in [1.807, 2.05) is 4.90 Å². The average molecular weight is 342 g/mol. The summed E-state index contributed by atoms with van der Waals surface area (Å²) in [7, 11) is 0. The summed E-state index contributed by atoms with van der Waals surface area (Å²) >= 11 is 0. The van der Waals surface area contributed by atoms with Crippen molar-refractivity contribution < 1.29 is 14.4 Å². The number of hydrogen-bond donors (Lipinski definition) is 2. The summed E-state index contributed by atoms with van der Waals surface area (Å²) in [6.45, 7) is 3.66. The lowest BCUT2D eigenvalue weighted by Gasteiger charge is -2.40. The topological polar surface area (TPSA) is 81.8 Å². The van der Waals surface area contributed by atoms with Crippen LogP contribution in [0.15, 0.2) is 24.3 Å². The molecule has 0 radical (unpaired) electrons. The number of carbonyl (C=O) groups excluding carboxylic acids is 3. The van der Waals surface area contributed by atoms with Gasteiger partial charge in [0, 0.05) is 36.3 Å². The Kier molecular flexibility index (Phi) is 3.95. The highest BCUT2D eigenvalue weighted by Gasteiger charge is 2.39. The summed E-state index contributed by atoms with van der Waals surface area (Å²) in [4.78, 5) is 39.2. The lowest BCUT2D eigenvalue weighted by Crippen LogP contribution is -2.47. The molecule has 3 heterocycles. The van der Waals surface area contributed by atoms with Gasteiger partial charge in [-0.3, -0.25) is 19.8 Å². The first kappa shape index (κ1) is 16.1. The number of carbonyl (C=O) groups is 3. The van der Waals surface area contributed by atoms with Crippen molar-refractivity contribution >= 4 is 23.5 Å². The number of amides is 4. The molecule has 3 fully saturated rings. The van der Waals surface area contributed by atoms with E-state index in [4.69, 9.17) is 0 Å². The van der Waals surface area contributed by atoms with Gasteiger partial charge in [-0.2, -0.15) is 0 Å². The molecule has 25 heavy (non-hydrogen) atoms. The minimum absolute atomic E-state index is 0.0216. The van der Waals surface area contributed by atoms with Gasteiger partial charge in [-0.05, 0) is 50.1 Å². The molecule has 2 N–H and O–H groups in total. The Morgan fingerprint density at radius 2 is 1.92 bits per heavy atom. The molecule has 4 amide bonds. The Bertz CT molecular complexity index is 710. The Hall–Kier alpha value is -2.41.